The quantitative estimate of drug-likeness (QED) is 0.0484. The normalized spacial score (nSPS) is 26.1. The van der Waals surface area contributed by atoms with Crippen LogP contribution in [0.2, 0.25) is 0 Å². The van der Waals surface area contributed by atoms with Crippen molar-refractivity contribution in [3.05, 3.63) is 142 Å². The number of benzene rings is 4. The molecule has 1 N–H and O–H groups in total. The van der Waals surface area contributed by atoms with Crippen molar-refractivity contribution in [2.24, 2.45) is 5.11 Å². The summed E-state index contributed by atoms with van der Waals surface area (Å²) in [7, 11) is 2.65. The Labute approximate surface area is 345 Å². The van der Waals surface area contributed by atoms with Crippen LogP contribution in [0.25, 0.3) is 10.4 Å². The third-order valence-corrected chi connectivity index (χ3v) is 9.63. The van der Waals surface area contributed by atoms with Gasteiger partial charge in [-0.05, 0) is 53.1 Å². The van der Waals surface area contributed by atoms with Crippen LogP contribution in [0.1, 0.15) is 28.4 Å². The molecule has 0 spiro atoms. The maximum absolute atomic E-state index is 13.9. The van der Waals surface area contributed by atoms with E-state index in [2.05, 4.69) is 10.0 Å². The minimum atomic E-state index is -1.66. The second kappa shape index (κ2) is 21.3. The molecule has 2 heterocycles. The van der Waals surface area contributed by atoms with Crippen molar-refractivity contribution in [3.63, 3.8) is 0 Å². The first kappa shape index (κ1) is 43.5. The molecule has 316 valence electrons. The van der Waals surface area contributed by atoms with Gasteiger partial charge in [-0.1, -0.05) is 84.0 Å². The first-order chi connectivity index (χ1) is 29.2. The topological polar surface area (TPSA) is 213 Å². The number of hydrogen-bond acceptors (Lipinski definition) is 15. The van der Waals surface area contributed by atoms with Crippen molar-refractivity contribution >= 4 is 17.9 Å². The Bertz CT molecular complexity index is 2040. The van der Waals surface area contributed by atoms with Crippen molar-refractivity contribution in [2.45, 2.75) is 81.5 Å². The molecule has 0 radical (unpaired) electrons. The summed E-state index contributed by atoms with van der Waals surface area (Å²) in [5, 5.41) is 15.5. The summed E-state index contributed by atoms with van der Waals surface area (Å²) in [6, 6.07) is 31.3. The van der Waals surface area contributed by atoms with Crippen LogP contribution >= 0.6 is 0 Å². The van der Waals surface area contributed by atoms with Crippen LogP contribution in [-0.4, -0.2) is 105 Å². The third kappa shape index (κ3) is 11.2. The smallest absolute Gasteiger partial charge is 0.338 e. The third-order valence-electron chi connectivity index (χ3n) is 9.63. The van der Waals surface area contributed by atoms with Gasteiger partial charge in [-0.3, -0.25) is 4.79 Å². The molecule has 6 rings (SSSR count). The molecule has 2 saturated heterocycles. The number of methoxy groups -OCH3 is 2. The van der Waals surface area contributed by atoms with Crippen molar-refractivity contribution in [1.29, 1.82) is 0 Å². The van der Waals surface area contributed by atoms with E-state index in [1.807, 2.05) is 12.1 Å². The number of hydrogen-bond donors (Lipinski definition) is 1. The van der Waals surface area contributed by atoms with Gasteiger partial charge >= 0.3 is 17.9 Å². The zero-order valence-electron chi connectivity index (χ0n) is 33.0. The molecule has 0 aromatic heterocycles. The van der Waals surface area contributed by atoms with E-state index < -0.39 is 85.9 Å². The molecule has 60 heavy (non-hydrogen) atoms. The predicted octanol–water partition coefficient (Wildman–Crippen LogP) is 5.08. The van der Waals surface area contributed by atoms with Crippen molar-refractivity contribution in [1.82, 2.24) is 0 Å². The fraction of sp³-hybridized carbons (Fsp3) is 0.372. The molecule has 0 amide bonds. The van der Waals surface area contributed by atoms with Gasteiger partial charge < -0.3 is 52.5 Å². The van der Waals surface area contributed by atoms with Gasteiger partial charge in [-0.15, -0.1) is 0 Å². The van der Waals surface area contributed by atoms with Crippen molar-refractivity contribution < 1.29 is 66.9 Å². The molecule has 10 atom stereocenters. The lowest BCUT2D eigenvalue weighted by molar-refractivity contribution is -0.337. The number of rotatable bonds is 17. The van der Waals surface area contributed by atoms with Gasteiger partial charge in [-0.25, -0.2) is 9.59 Å². The SMILES string of the molecule is COC(=O)[C@H]1O[C@@H](Oc2ccc(OC)cc2)[C@H](OC(=O)c2ccccc2)[C@@H](OCc2ccccc2)[C@@H]1O[C@H]1O[C@H](COC(C)=O)[C@@H](O)[C@H](OCc2ccccc2)[C@H]1N=[N+]=[N-]. The molecule has 17 nitrogen and oxygen atoms in total. The minimum Gasteiger partial charge on any atom is -0.497 e. The second-order valence-corrected chi connectivity index (χ2v) is 13.6. The number of azide groups is 1. The molecular formula is C43H45N3O14. The first-order valence-corrected chi connectivity index (χ1v) is 19.0. The standard InChI is InChI=1S/C43H45N3O14/c1-26(47)53-25-32-34(48)35(54-23-27-13-7-4-8-14-27)33(45-46-44)42(57-32)59-37-36(55-24-28-15-9-5-10-16-28)39(58-40(49)29-17-11-6-12-18-29)43(60-38(37)41(50)52-3)56-31-21-19-30(51-2)20-22-31/h4-22,32-39,42-43,48H,23-25H2,1-3H3/t32-,33-,34-,35-,36+,37+,38+,39-,42-,43-/m1/s1. The average Bonchev–Trinajstić information content (AvgIpc) is 3.28. The van der Waals surface area contributed by atoms with Crippen LogP contribution in [-0.2, 0) is 60.7 Å². The number of esters is 3. The van der Waals surface area contributed by atoms with Gasteiger partial charge in [0, 0.05) is 11.8 Å². The predicted molar refractivity (Wildman–Crippen MR) is 209 cm³/mol. The summed E-state index contributed by atoms with van der Waals surface area (Å²) in [6.07, 6.45) is -13.3. The molecule has 2 aliphatic heterocycles. The summed E-state index contributed by atoms with van der Waals surface area (Å²) in [4.78, 5) is 42.6. The van der Waals surface area contributed by atoms with E-state index in [9.17, 15) is 25.0 Å². The van der Waals surface area contributed by atoms with E-state index in [0.717, 1.165) is 12.7 Å². The van der Waals surface area contributed by atoms with E-state index in [1.165, 1.54) is 14.0 Å². The van der Waals surface area contributed by atoms with E-state index in [-0.39, 0.29) is 24.5 Å². The van der Waals surface area contributed by atoms with Gasteiger partial charge in [0.25, 0.3) is 0 Å². The highest BCUT2D eigenvalue weighted by molar-refractivity contribution is 5.89. The van der Waals surface area contributed by atoms with Crippen molar-refractivity contribution in [3.8, 4) is 11.5 Å². The fourth-order valence-electron chi connectivity index (χ4n) is 6.65. The van der Waals surface area contributed by atoms with Crippen LogP contribution < -0.4 is 9.47 Å². The number of aliphatic hydroxyl groups is 1. The molecule has 0 aliphatic carbocycles. The van der Waals surface area contributed by atoms with E-state index in [4.69, 9.17) is 47.4 Å². The molecule has 17 heteroatoms. The lowest BCUT2D eigenvalue weighted by Gasteiger charge is -2.48. The Morgan fingerprint density at radius 2 is 1.32 bits per heavy atom. The summed E-state index contributed by atoms with van der Waals surface area (Å²) >= 11 is 0. The highest BCUT2D eigenvalue weighted by atomic mass is 16.8. The summed E-state index contributed by atoms with van der Waals surface area (Å²) in [5.41, 5.74) is 11.4. The summed E-state index contributed by atoms with van der Waals surface area (Å²) < 4.78 is 60.0. The first-order valence-electron chi connectivity index (χ1n) is 19.0. The Morgan fingerprint density at radius 3 is 1.88 bits per heavy atom. The lowest BCUT2D eigenvalue weighted by atomic mass is 9.95. The fourth-order valence-corrected chi connectivity index (χ4v) is 6.65. The Balaban J connectivity index is 1.42. The number of nitrogens with zero attached hydrogens (tertiary/aromatic N) is 3. The van der Waals surface area contributed by atoms with Gasteiger partial charge in [0.2, 0.25) is 6.29 Å². The highest BCUT2D eigenvalue weighted by Gasteiger charge is 2.57. The Kier molecular flexibility index (Phi) is 15.4. The van der Waals surface area contributed by atoms with E-state index >= 15 is 0 Å². The van der Waals surface area contributed by atoms with Crippen molar-refractivity contribution in [2.75, 3.05) is 20.8 Å². The minimum absolute atomic E-state index is 0.0327. The summed E-state index contributed by atoms with van der Waals surface area (Å²) in [5.74, 6) is -1.58. The van der Waals surface area contributed by atoms with Crippen LogP contribution in [0, 0.1) is 0 Å². The molecule has 2 aliphatic rings. The van der Waals surface area contributed by atoms with Crippen LogP contribution in [0.4, 0.5) is 0 Å². The summed E-state index contributed by atoms with van der Waals surface area (Å²) in [6.45, 7) is 0.617. The van der Waals surface area contributed by atoms with Gasteiger partial charge in [-0.2, -0.15) is 0 Å². The number of carbonyl (C=O) groups excluding carboxylic acids is 3. The second-order valence-electron chi connectivity index (χ2n) is 13.6. The number of carbonyl (C=O) groups is 3. The van der Waals surface area contributed by atoms with E-state index in [1.54, 1.807) is 103 Å². The molecule has 0 unspecified atom stereocenters. The van der Waals surface area contributed by atoms with Crippen LogP contribution in [0.5, 0.6) is 11.5 Å². The molecule has 4 aromatic rings. The zero-order valence-corrected chi connectivity index (χ0v) is 33.0. The number of aliphatic hydroxyl groups excluding tert-OH is 1. The van der Waals surface area contributed by atoms with Crippen LogP contribution in [0.15, 0.2) is 120 Å². The molecule has 0 bridgehead atoms. The monoisotopic (exact) mass is 827 g/mol. The largest absolute Gasteiger partial charge is 0.497 e. The lowest BCUT2D eigenvalue weighted by Crippen LogP contribution is -2.67. The maximum atomic E-state index is 13.9. The Morgan fingerprint density at radius 1 is 0.733 bits per heavy atom. The maximum Gasteiger partial charge on any atom is 0.338 e. The number of ether oxygens (including phenoxy) is 10. The van der Waals surface area contributed by atoms with Crippen LogP contribution in [0.3, 0.4) is 0 Å². The van der Waals surface area contributed by atoms with Gasteiger partial charge in [0.15, 0.2) is 18.5 Å². The molecular weight excluding hydrogens is 782 g/mol. The molecule has 0 saturated carbocycles. The zero-order chi connectivity index (χ0) is 42.4. The van der Waals surface area contributed by atoms with Gasteiger partial charge in [0.1, 0.15) is 48.6 Å². The molecule has 4 aromatic carbocycles. The average molecular weight is 828 g/mol. The van der Waals surface area contributed by atoms with Gasteiger partial charge in [0.05, 0.1) is 39.1 Å². The molecule has 2 fully saturated rings. The highest BCUT2D eigenvalue weighted by Crippen LogP contribution is 2.36. The Hall–Kier alpha value is -6.04. The van der Waals surface area contributed by atoms with E-state index in [0.29, 0.717) is 11.3 Å².